The number of hydrogen-bond acceptors (Lipinski definition) is 2. The standard InChI is InChI=1S/C19H23NO/c1-13-6-5-7-16-18(13)20-12-17(21-16)14-8-10-15(11-9-14)19(2,3)4/h5-11,17,20H,12H2,1-4H3. The van der Waals surface area contributed by atoms with Gasteiger partial charge in [0.2, 0.25) is 0 Å². The molecule has 1 atom stereocenters. The van der Waals surface area contributed by atoms with Gasteiger partial charge in [0.25, 0.3) is 0 Å². The Labute approximate surface area is 127 Å². The summed E-state index contributed by atoms with van der Waals surface area (Å²) in [6, 6.07) is 15.0. The molecule has 1 unspecified atom stereocenters. The second-order valence-electron chi connectivity index (χ2n) is 6.81. The van der Waals surface area contributed by atoms with Crippen molar-refractivity contribution in [1.82, 2.24) is 0 Å². The third-order valence-electron chi connectivity index (χ3n) is 4.12. The van der Waals surface area contributed by atoms with E-state index in [9.17, 15) is 0 Å². The van der Waals surface area contributed by atoms with Gasteiger partial charge in [0.1, 0.15) is 11.9 Å². The number of rotatable bonds is 1. The lowest BCUT2D eigenvalue weighted by Crippen LogP contribution is -2.24. The van der Waals surface area contributed by atoms with E-state index in [-0.39, 0.29) is 11.5 Å². The van der Waals surface area contributed by atoms with Gasteiger partial charge in [0.05, 0.1) is 12.2 Å². The SMILES string of the molecule is Cc1cccc2c1NCC(c1ccc(C(C)(C)C)cc1)O2. The fourth-order valence-electron chi connectivity index (χ4n) is 2.74. The number of benzene rings is 2. The van der Waals surface area contributed by atoms with Crippen LogP contribution in [0.25, 0.3) is 0 Å². The highest BCUT2D eigenvalue weighted by Crippen LogP contribution is 2.36. The van der Waals surface area contributed by atoms with Gasteiger partial charge >= 0.3 is 0 Å². The van der Waals surface area contributed by atoms with Crippen molar-refractivity contribution in [2.45, 2.75) is 39.2 Å². The van der Waals surface area contributed by atoms with Gasteiger partial charge in [-0.15, -0.1) is 0 Å². The van der Waals surface area contributed by atoms with Crippen molar-refractivity contribution in [2.75, 3.05) is 11.9 Å². The highest BCUT2D eigenvalue weighted by molar-refractivity contribution is 5.63. The molecule has 2 aromatic rings. The third-order valence-corrected chi connectivity index (χ3v) is 4.12. The summed E-state index contributed by atoms with van der Waals surface area (Å²) in [7, 11) is 0. The molecule has 0 radical (unpaired) electrons. The molecule has 2 heteroatoms. The monoisotopic (exact) mass is 281 g/mol. The van der Waals surface area contributed by atoms with Gasteiger partial charge in [0.15, 0.2) is 0 Å². The maximum atomic E-state index is 6.16. The molecule has 0 fully saturated rings. The first kappa shape index (κ1) is 14.0. The molecule has 1 heterocycles. The molecule has 1 aliphatic heterocycles. The van der Waals surface area contributed by atoms with Crippen LogP contribution in [0.1, 0.15) is 43.6 Å². The van der Waals surface area contributed by atoms with E-state index in [4.69, 9.17) is 4.74 Å². The minimum absolute atomic E-state index is 0.0771. The zero-order valence-electron chi connectivity index (χ0n) is 13.2. The lowest BCUT2D eigenvalue weighted by molar-refractivity contribution is 0.210. The Hall–Kier alpha value is -1.96. The predicted octanol–water partition coefficient (Wildman–Crippen LogP) is 4.84. The van der Waals surface area contributed by atoms with Crippen LogP contribution in [-0.2, 0) is 5.41 Å². The molecular weight excluding hydrogens is 258 g/mol. The average molecular weight is 281 g/mol. The number of anilines is 1. The summed E-state index contributed by atoms with van der Waals surface area (Å²) in [6.07, 6.45) is 0.0771. The van der Waals surface area contributed by atoms with Crippen LogP contribution < -0.4 is 10.1 Å². The Bertz CT molecular complexity index is 638. The minimum Gasteiger partial charge on any atom is -0.482 e. The largest absolute Gasteiger partial charge is 0.482 e. The first-order chi connectivity index (χ1) is 9.95. The van der Waals surface area contributed by atoms with E-state index in [0.29, 0.717) is 0 Å². The van der Waals surface area contributed by atoms with E-state index in [1.807, 2.05) is 12.1 Å². The second-order valence-corrected chi connectivity index (χ2v) is 6.81. The summed E-state index contributed by atoms with van der Waals surface area (Å²) in [5.41, 5.74) is 5.12. The number of para-hydroxylation sites is 1. The van der Waals surface area contributed by atoms with Crippen molar-refractivity contribution < 1.29 is 4.74 Å². The van der Waals surface area contributed by atoms with Crippen LogP contribution in [0.5, 0.6) is 5.75 Å². The van der Waals surface area contributed by atoms with Crippen LogP contribution in [0.2, 0.25) is 0 Å². The summed E-state index contributed by atoms with van der Waals surface area (Å²) in [5.74, 6) is 0.950. The normalized spacial score (nSPS) is 17.6. The van der Waals surface area contributed by atoms with Crippen LogP contribution >= 0.6 is 0 Å². The number of nitrogens with one attached hydrogen (secondary N) is 1. The number of hydrogen-bond donors (Lipinski definition) is 1. The lowest BCUT2D eigenvalue weighted by atomic mass is 9.86. The number of fused-ring (bicyclic) bond motifs is 1. The second kappa shape index (κ2) is 5.10. The van der Waals surface area contributed by atoms with Crippen LogP contribution in [-0.4, -0.2) is 6.54 Å². The van der Waals surface area contributed by atoms with Gasteiger partial charge in [-0.3, -0.25) is 0 Å². The van der Waals surface area contributed by atoms with Gasteiger partial charge in [-0.25, -0.2) is 0 Å². The molecule has 110 valence electrons. The van der Waals surface area contributed by atoms with E-state index in [1.165, 1.54) is 16.7 Å². The lowest BCUT2D eigenvalue weighted by Gasteiger charge is -2.29. The van der Waals surface area contributed by atoms with Crippen LogP contribution in [0.3, 0.4) is 0 Å². The molecule has 3 rings (SSSR count). The van der Waals surface area contributed by atoms with Crippen molar-refractivity contribution in [3.8, 4) is 5.75 Å². The Kier molecular flexibility index (Phi) is 3.40. The molecule has 0 aliphatic carbocycles. The molecule has 0 saturated carbocycles. The van der Waals surface area contributed by atoms with Crippen molar-refractivity contribution in [2.24, 2.45) is 0 Å². The van der Waals surface area contributed by atoms with Gasteiger partial charge in [-0.2, -0.15) is 0 Å². The van der Waals surface area contributed by atoms with Crippen LogP contribution in [0.4, 0.5) is 5.69 Å². The molecule has 0 spiro atoms. The van der Waals surface area contributed by atoms with Gasteiger partial charge in [-0.1, -0.05) is 57.2 Å². The van der Waals surface area contributed by atoms with E-state index in [0.717, 1.165) is 18.0 Å². The van der Waals surface area contributed by atoms with Gasteiger partial charge in [-0.05, 0) is 35.1 Å². The zero-order valence-corrected chi connectivity index (χ0v) is 13.2. The smallest absolute Gasteiger partial charge is 0.143 e. The summed E-state index contributed by atoms with van der Waals surface area (Å²) in [6.45, 7) is 9.62. The molecule has 0 amide bonds. The highest BCUT2D eigenvalue weighted by atomic mass is 16.5. The first-order valence-electron chi connectivity index (χ1n) is 7.56. The van der Waals surface area contributed by atoms with Crippen molar-refractivity contribution in [3.63, 3.8) is 0 Å². The Morgan fingerprint density at radius 1 is 1.05 bits per heavy atom. The first-order valence-corrected chi connectivity index (χ1v) is 7.56. The average Bonchev–Trinajstić information content (AvgIpc) is 2.46. The van der Waals surface area contributed by atoms with Crippen LogP contribution in [0.15, 0.2) is 42.5 Å². The Morgan fingerprint density at radius 3 is 2.43 bits per heavy atom. The zero-order chi connectivity index (χ0) is 15.0. The van der Waals surface area contributed by atoms with Crippen molar-refractivity contribution in [3.05, 3.63) is 59.2 Å². The topological polar surface area (TPSA) is 21.3 Å². The molecule has 1 N–H and O–H groups in total. The molecule has 1 aliphatic rings. The van der Waals surface area contributed by atoms with Gasteiger partial charge in [0, 0.05) is 0 Å². The quantitative estimate of drug-likeness (QED) is 0.807. The molecule has 0 saturated heterocycles. The van der Waals surface area contributed by atoms with Crippen LogP contribution in [0, 0.1) is 6.92 Å². The Balaban J connectivity index is 1.83. The fraction of sp³-hybridized carbons (Fsp3) is 0.368. The minimum atomic E-state index is 0.0771. The molecule has 21 heavy (non-hydrogen) atoms. The van der Waals surface area contributed by atoms with Crippen molar-refractivity contribution >= 4 is 5.69 Å². The number of aryl methyl sites for hydroxylation is 1. The van der Waals surface area contributed by atoms with E-state index in [2.05, 4.69) is 63.3 Å². The van der Waals surface area contributed by atoms with E-state index in [1.54, 1.807) is 0 Å². The predicted molar refractivity (Wildman–Crippen MR) is 88.2 cm³/mol. The molecule has 2 aromatic carbocycles. The van der Waals surface area contributed by atoms with E-state index < -0.39 is 0 Å². The molecular formula is C19H23NO. The Morgan fingerprint density at radius 2 is 1.76 bits per heavy atom. The maximum Gasteiger partial charge on any atom is 0.143 e. The summed E-state index contributed by atoms with van der Waals surface area (Å²) >= 11 is 0. The van der Waals surface area contributed by atoms with Crippen molar-refractivity contribution in [1.29, 1.82) is 0 Å². The summed E-state index contributed by atoms with van der Waals surface area (Å²) in [4.78, 5) is 0. The fourth-order valence-corrected chi connectivity index (χ4v) is 2.74. The molecule has 0 aromatic heterocycles. The third kappa shape index (κ3) is 2.76. The van der Waals surface area contributed by atoms with E-state index >= 15 is 0 Å². The molecule has 2 nitrogen and oxygen atoms in total. The summed E-state index contributed by atoms with van der Waals surface area (Å²) in [5, 5.41) is 3.50. The molecule has 0 bridgehead atoms. The maximum absolute atomic E-state index is 6.16. The summed E-state index contributed by atoms with van der Waals surface area (Å²) < 4.78 is 6.16. The number of ether oxygens (including phenoxy) is 1. The van der Waals surface area contributed by atoms with Gasteiger partial charge < -0.3 is 10.1 Å². The highest BCUT2D eigenvalue weighted by Gasteiger charge is 2.22.